The van der Waals surface area contributed by atoms with E-state index in [1.807, 2.05) is 4.90 Å². The van der Waals surface area contributed by atoms with E-state index in [1.54, 1.807) is 19.2 Å². The molecule has 4 nitrogen and oxygen atoms in total. The molecule has 1 saturated heterocycles. The van der Waals surface area contributed by atoms with Crippen LogP contribution in [0.25, 0.3) is 0 Å². The first kappa shape index (κ1) is 16.7. The lowest BCUT2D eigenvalue weighted by atomic mass is 10.1. The Morgan fingerprint density at radius 1 is 1.35 bits per heavy atom. The first-order valence-electron chi connectivity index (χ1n) is 6.53. The zero-order valence-corrected chi connectivity index (χ0v) is 12.3. The highest BCUT2D eigenvalue weighted by molar-refractivity contribution is 5.85. The summed E-state index contributed by atoms with van der Waals surface area (Å²) in [7, 11) is 1.77. The molecule has 6 heteroatoms. The van der Waals surface area contributed by atoms with Gasteiger partial charge >= 0.3 is 0 Å². The quantitative estimate of drug-likeness (QED) is 0.923. The van der Waals surface area contributed by atoms with Gasteiger partial charge in [-0.05, 0) is 31.3 Å². The third-order valence-corrected chi connectivity index (χ3v) is 3.24. The van der Waals surface area contributed by atoms with Gasteiger partial charge in [0.25, 0.3) is 0 Å². The van der Waals surface area contributed by atoms with E-state index >= 15 is 0 Å². The number of piperidine rings is 1. The molecule has 0 bridgehead atoms. The molecule has 0 spiro atoms. The Morgan fingerprint density at radius 2 is 1.95 bits per heavy atom. The Hall–Kier alpha value is -1.33. The van der Waals surface area contributed by atoms with E-state index in [0.29, 0.717) is 25.4 Å². The zero-order valence-electron chi connectivity index (χ0n) is 11.5. The van der Waals surface area contributed by atoms with E-state index < -0.39 is 0 Å². The van der Waals surface area contributed by atoms with Crippen LogP contribution < -0.4 is 10.1 Å². The van der Waals surface area contributed by atoms with Crippen LogP contribution in [0.5, 0.6) is 5.75 Å². The molecule has 1 aromatic carbocycles. The number of nitrogens with one attached hydrogen (secondary N) is 1. The van der Waals surface area contributed by atoms with Crippen molar-refractivity contribution in [2.24, 2.45) is 0 Å². The van der Waals surface area contributed by atoms with E-state index in [4.69, 9.17) is 4.74 Å². The molecule has 0 radical (unpaired) electrons. The summed E-state index contributed by atoms with van der Waals surface area (Å²) < 4.78 is 18.6. The normalized spacial score (nSPS) is 15.6. The van der Waals surface area contributed by atoms with Crippen LogP contribution in [0.4, 0.5) is 4.39 Å². The summed E-state index contributed by atoms with van der Waals surface area (Å²) in [4.78, 5) is 13.5. The average molecular weight is 303 g/mol. The van der Waals surface area contributed by atoms with E-state index in [9.17, 15) is 9.18 Å². The van der Waals surface area contributed by atoms with Crippen LogP contribution in [0.1, 0.15) is 12.8 Å². The maximum Gasteiger partial charge on any atom is 0.236 e. The fraction of sp³-hybridized carbons (Fsp3) is 0.500. The Labute approximate surface area is 124 Å². The van der Waals surface area contributed by atoms with Crippen molar-refractivity contribution < 1.29 is 13.9 Å². The summed E-state index contributed by atoms with van der Waals surface area (Å²) in [5, 5.41) is 2.86. The van der Waals surface area contributed by atoms with Gasteiger partial charge in [0.15, 0.2) is 0 Å². The number of nitrogens with zero attached hydrogens (tertiary/aromatic N) is 1. The maximum absolute atomic E-state index is 12.8. The minimum atomic E-state index is -0.264. The molecule has 1 aromatic rings. The number of carbonyl (C=O) groups is 1. The second-order valence-electron chi connectivity index (χ2n) is 4.68. The second kappa shape index (κ2) is 8.07. The third-order valence-electron chi connectivity index (χ3n) is 3.24. The molecule has 112 valence electrons. The fourth-order valence-electron chi connectivity index (χ4n) is 2.19. The molecule has 0 aromatic heterocycles. The Bertz CT molecular complexity index is 420. The van der Waals surface area contributed by atoms with Gasteiger partial charge in [-0.25, -0.2) is 4.39 Å². The van der Waals surface area contributed by atoms with Crippen LogP contribution in [0.15, 0.2) is 24.3 Å². The number of carbonyl (C=O) groups excluding carboxylic acids is 1. The van der Waals surface area contributed by atoms with Crippen LogP contribution in [0.3, 0.4) is 0 Å². The van der Waals surface area contributed by atoms with Gasteiger partial charge in [0.2, 0.25) is 5.91 Å². The average Bonchev–Trinajstić information content (AvgIpc) is 2.42. The number of ether oxygens (including phenoxy) is 1. The van der Waals surface area contributed by atoms with Crippen molar-refractivity contribution in [1.82, 2.24) is 10.2 Å². The highest BCUT2D eigenvalue weighted by Gasteiger charge is 2.23. The van der Waals surface area contributed by atoms with Crippen molar-refractivity contribution >= 4 is 18.3 Å². The molecule has 1 N–H and O–H groups in total. The predicted octanol–water partition coefficient (Wildman–Crippen LogP) is 1.84. The molecule has 0 unspecified atom stereocenters. The molecule has 1 fully saturated rings. The molecule has 20 heavy (non-hydrogen) atoms. The van der Waals surface area contributed by atoms with E-state index in [2.05, 4.69) is 5.32 Å². The number of likely N-dealkylation sites (N-methyl/N-ethyl adjacent to an activating group) is 1. The van der Waals surface area contributed by atoms with Crippen molar-refractivity contribution in [3.8, 4) is 5.75 Å². The van der Waals surface area contributed by atoms with Crippen molar-refractivity contribution in [2.45, 2.75) is 18.9 Å². The Morgan fingerprint density at radius 3 is 2.50 bits per heavy atom. The first-order valence-corrected chi connectivity index (χ1v) is 6.53. The largest absolute Gasteiger partial charge is 0.490 e. The van der Waals surface area contributed by atoms with Gasteiger partial charge in [0, 0.05) is 25.9 Å². The second-order valence-corrected chi connectivity index (χ2v) is 4.68. The van der Waals surface area contributed by atoms with Crippen LogP contribution in [-0.4, -0.2) is 43.6 Å². The number of benzene rings is 1. The van der Waals surface area contributed by atoms with Crippen LogP contribution >= 0.6 is 12.4 Å². The highest BCUT2D eigenvalue weighted by atomic mass is 35.5. The summed E-state index contributed by atoms with van der Waals surface area (Å²) >= 11 is 0. The van der Waals surface area contributed by atoms with Crippen LogP contribution in [-0.2, 0) is 4.79 Å². The van der Waals surface area contributed by atoms with Crippen molar-refractivity contribution in [3.63, 3.8) is 0 Å². The molecular formula is C14H20ClFN2O2. The lowest BCUT2D eigenvalue weighted by Crippen LogP contribution is -2.44. The summed E-state index contributed by atoms with van der Waals surface area (Å²) in [6.07, 6.45) is 1.73. The summed E-state index contributed by atoms with van der Waals surface area (Å²) in [5.41, 5.74) is 0. The molecule has 1 aliphatic heterocycles. The molecule has 1 heterocycles. The molecule has 1 amide bonds. The summed E-state index contributed by atoms with van der Waals surface area (Å²) in [6, 6.07) is 6.05. The number of hydrogen-bond acceptors (Lipinski definition) is 3. The number of hydrogen-bond donors (Lipinski definition) is 1. The van der Waals surface area contributed by atoms with Crippen molar-refractivity contribution in [1.29, 1.82) is 0 Å². The molecular weight excluding hydrogens is 283 g/mol. The van der Waals surface area contributed by atoms with E-state index in [1.165, 1.54) is 12.1 Å². The molecule has 0 aliphatic carbocycles. The SMILES string of the molecule is CNCC(=O)N1CCC(Oc2ccc(F)cc2)CC1.Cl. The van der Waals surface area contributed by atoms with Crippen molar-refractivity contribution in [3.05, 3.63) is 30.1 Å². The van der Waals surface area contributed by atoms with Gasteiger partial charge in [0.05, 0.1) is 6.54 Å². The van der Waals surface area contributed by atoms with Crippen molar-refractivity contribution in [2.75, 3.05) is 26.7 Å². The topological polar surface area (TPSA) is 41.6 Å². The number of likely N-dealkylation sites (tertiary alicyclic amines) is 1. The minimum Gasteiger partial charge on any atom is -0.490 e. The zero-order chi connectivity index (χ0) is 13.7. The first-order chi connectivity index (χ1) is 9.19. The lowest BCUT2D eigenvalue weighted by Gasteiger charge is -2.32. The summed E-state index contributed by atoms with van der Waals surface area (Å²) in [5.74, 6) is 0.545. The Balaban J connectivity index is 0.00000200. The van der Waals surface area contributed by atoms with E-state index in [-0.39, 0.29) is 30.2 Å². The van der Waals surface area contributed by atoms with E-state index in [0.717, 1.165) is 12.8 Å². The highest BCUT2D eigenvalue weighted by Crippen LogP contribution is 2.19. The van der Waals surface area contributed by atoms with Gasteiger partial charge in [0.1, 0.15) is 17.7 Å². The van der Waals surface area contributed by atoms with Gasteiger partial charge < -0.3 is 15.0 Å². The van der Waals surface area contributed by atoms with Crippen LogP contribution in [0, 0.1) is 5.82 Å². The van der Waals surface area contributed by atoms with Gasteiger partial charge in [-0.1, -0.05) is 0 Å². The molecule has 2 rings (SSSR count). The smallest absolute Gasteiger partial charge is 0.236 e. The fourth-order valence-corrected chi connectivity index (χ4v) is 2.19. The van der Waals surface area contributed by atoms with Gasteiger partial charge in [-0.15, -0.1) is 12.4 Å². The maximum atomic E-state index is 12.8. The molecule has 0 atom stereocenters. The number of amides is 1. The van der Waals surface area contributed by atoms with Crippen LogP contribution in [0.2, 0.25) is 0 Å². The minimum absolute atomic E-state index is 0. The third kappa shape index (κ3) is 4.65. The predicted molar refractivity (Wildman–Crippen MR) is 77.8 cm³/mol. The lowest BCUT2D eigenvalue weighted by molar-refractivity contribution is -0.131. The number of rotatable bonds is 4. The number of halogens is 2. The Kier molecular flexibility index (Phi) is 6.75. The molecule has 1 aliphatic rings. The van der Waals surface area contributed by atoms with Gasteiger partial charge in [-0.2, -0.15) is 0 Å². The van der Waals surface area contributed by atoms with Gasteiger partial charge in [-0.3, -0.25) is 4.79 Å². The standard InChI is InChI=1S/C14H19FN2O2.ClH/c1-16-10-14(18)17-8-6-13(7-9-17)19-12-4-2-11(15)3-5-12;/h2-5,13,16H,6-10H2,1H3;1H. The monoisotopic (exact) mass is 302 g/mol. The summed E-state index contributed by atoms with van der Waals surface area (Å²) in [6.45, 7) is 1.81. The molecule has 0 saturated carbocycles.